The highest BCUT2D eigenvalue weighted by molar-refractivity contribution is 6.39. The lowest BCUT2D eigenvalue weighted by Gasteiger charge is -2.02. The number of fused-ring (bicyclic) bond motifs is 2. The molecule has 0 aliphatic carbocycles. The molecule has 1 aromatic carbocycles. The Bertz CT molecular complexity index is 796. The first kappa shape index (κ1) is 10.4. The third-order valence-electron chi connectivity index (χ3n) is 2.79. The number of benzene rings is 1. The van der Waals surface area contributed by atoms with Gasteiger partial charge in [0.1, 0.15) is 10.8 Å². The van der Waals surface area contributed by atoms with E-state index in [0.717, 1.165) is 22.1 Å². The predicted molar refractivity (Wildman–Crippen MR) is 66.7 cm³/mol. The fraction of sp³-hybridized carbons (Fsp3) is 0.154. The second kappa shape index (κ2) is 3.37. The standard InChI is InChI=1S/C13H9ClO3/c1-6-3-10(15)17-13-9(6)5-8-4-7(2)16-12(8)11(13)14/h3-5H,1-2H3. The molecule has 17 heavy (non-hydrogen) atoms. The van der Waals surface area contributed by atoms with Crippen molar-refractivity contribution in [3.8, 4) is 0 Å². The van der Waals surface area contributed by atoms with Gasteiger partial charge in [0, 0.05) is 16.8 Å². The Morgan fingerprint density at radius 3 is 2.59 bits per heavy atom. The third kappa shape index (κ3) is 1.46. The van der Waals surface area contributed by atoms with E-state index < -0.39 is 5.63 Å². The SMILES string of the molecule is Cc1cc2cc3c(C)cc(=O)oc3c(Cl)c2o1. The summed E-state index contributed by atoms with van der Waals surface area (Å²) >= 11 is 6.21. The van der Waals surface area contributed by atoms with E-state index in [1.165, 1.54) is 6.07 Å². The minimum absolute atomic E-state index is 0.353. The monoisotopic (exact) mass is 248 g/mol. The van der Waals surface area contributed by atoms with Gasteiger partial charge in [0.25, 0.3) is 0 Å². The summed E-state index contributed by atoms with van der Waals surface area (Å²) in [7, 11) is 0. The molecule has 0 saturated carbocycles. The Morgan fingerprint density at radius 1 is 1.06 bits per heavy atom. The Morgan fingerprint density at radius 2 is 1.82 bits per heavy atom. The average molecular weight is 249 g/mol. The lowest BCUT2D eigenvalue weighted by atomic mass is 10.1. The fourth-order valence-corrected chi connectivity index (χ4v) is 2.32. The topological polar surface area (TPSA) is 43.4 Å². The van der Waals surface area contributed by atoms with Crippen molar-refractivity contribution >= 4 is 33.5 Å². The Kier molecular flexibility index (Phi) is 2.07. The highest BCUT2D eigenvalue weighted by atomic mass is 35.5. The summed E-state index contributed by atoms with van der Waals surface area (Å²) in [5.41, 5.74) is 1.39. The van der Waals surface area contributed by atoms with Gasteiger partial charge in [0.05, 0.1) is 0 Å². The van der Waals surface area contributed by atoms with Crippen molar-refractivity contribution in [1.29, 1.82) is 0 Å². The van der Waals surface area contributed by atoms with E-state index in [1.807, 2.05) is 26.0 Å². The van der Waals surface area contributed by atoms with Crippen molar-refractivity contribution in [2.75, 3.05) is 0 Å². The zero-order valence-corrected chi connectivity index (χ0v) is 10.1. The fourth-order valence-electron chi connectivity index (χ4n) is 2.03. The number of rotatable bonds is 0. The minimum atomic E-state index is -0.403. The highest BCUT2D eigenvalue weighted by Crippen LogP contribution is 2.34. The van der Waals surface area contributed by atoms with E-state index in [1.54, 1.807) is 0 Å². The van der Waals surface area contributed by atoms with Gasteiger partial charge in [-0.25, -0.2) is 4.79 Å². The van der Waals surface area contributed by atoms with Crippen LogP contribution in [-0.4, -0.2) is 0 Å². The Balaban J connectivity index is 2.63. The summed E-state index contributed by atoms with van der Waals surface area (Å²) in [6.45, 7) is 3.71. The van der Waals surface area contributed by atoms with E-state index in [2.05, 4.69) is 0 Å². The number of hydrogen-bond donors (Lipinski definition) is 0. The molecule has 3 aromatic rings. The lowest BCUT2D eigenvalue weighted by molar-refractivity contribution is 0.555. The maximum Gasteiger partial charge on any atom is 0.336 e. The normalized spacial score (nSPS) is 11.5. The first-order chi connectivity index (χ1) is 8.06. The summed E-state index contributed by atoms with van der Waals surface area (Å²) in [6, 6.07) is 5.29. The average Bonchev–Trinajstić information content (AvgIpc) is 2.62. The van der Waals surface area contributed by atoms with Gasteiger partial charge in [0.15, 0.2) is 11.2 Å². The van der Waals surface area contributed by atoms with Crippen LogP contribution in [0.4, 0.5) is 0 Å². The molecule has 0 amide bonds. The number of furan rings is 1. The van der Waals surface area contributed by atoms with Gasteiger partial charge in [-0.3, -0.25) is 0 Å². The predicted octanol–water partition coefficient (Wildman–Crippen LogP) is 3.81. The van der Waals surface area contributed by atoms with Crippen LogP contribution in [0.3, 0.4) is 0 Å². The van der Waals surface area contributed by atoms with Crippen molar-refractivity contribution in [3.63, 3.8) is 0 Å². The minimum Gasteiger partial charge on any atom is -0.460 e. The van der Waals surface area contributed by atoms with Crippen LogP contribution in [0, 0.1) is 13.8 Å². The Labute approximate surface area is 102 Å². The number of hydrogen-bond acceptors (Lipinski definition) is 3. The first-order valence-corrected chi connectivity index (χ1v) is 5.57. The number of halogens is 1. The van der Waals surface area contributed by atoms with Crippen molar-refractivity contribution < 1.29 is 8.83 Å². The molecule has 0 N–H and O–H groups in total. The molecule has 0 spiro atoms. The van der Waals surface area contributed by atoms with Crippen LogP contribution in [0.2, 0.25) is 5.02 Å². The van der Waals surface area contributed by atoms with E-state index in [0.29, 0.717) is 16.2 Å². The lowest BCUT2D eigenvalue weighted by Crippen LogP contribution is -1.98. The molecule has 0 aliphatic rings. The van der Waals surface area contributed by atoms with Crippen LogP contribution in [0.5, 0.6) is 0 Å². The van der Waals surface area contributed by atoms with Gasteiger partial charge in [-0.15, -0.1) is 0 Å². The summed E-state index contributed by atoms with van der Waals surface area (Å²) in [5.74, 6) is 0.775. The molecular formula is C13H9ClO3. The van der Waals surface area contributed by atoms with Gasteiger partial charge in [-0.2, -0.15) is 0 Å². The molecule has 0 radical (unpaired) electrons. The molecule has 0 saturated heterocycles. The van der Waals surface area contributed by atoms with Gasteiger partial charge in [-0.05, 0) is 31.5 Å². The molecule has 0 bridgehead atoms. The summed E-state index contributed by atoms with van der Waals surface area (Å²) in [4.78, 5) is 11.3. The molecule has 4 heteroatoms. The van der Waals surface area contributed by atoms with Gasteiger partial charge >= 0.3 is 5.63 Å². The number of aryl methyl sites for hydroxylation is 2. The van der Waals surface area contributed by atoms with Crippen molar-refractivity contribution in [3.05, 3.63) is 45.0 Å². The second-order valence-electron chi connectivity index (χ2n) is 4.09. The van der Waals surface area contributed by atoms with Crippen molar-refractivity contribution in [2.45, 2.75) is 13.8 Å². The van der Waals surface area contributed by atoms with E-state index in [4.69, 9.17) is 20.4 Å². The van der Waals surface area contributed by atoms with E-state index in [9.17, 15) is 4.79 Å². The second-order valence-corrected chi connectivity index (χ2v) is 4.47. The quantitative estimate of drug-likeness (QED) is 0.568. The molecular weight excluding hydrogens is 240 g/mol. The molecule has 2 heterocycles. The van der Waals surface area contributed by atoms with Crippen LogP contribution < -0.4 is 5.63 Å². The Hall–Kier alpha value is -1.74. The first-order valence-electron chi connectivity index (χ1n) is 5.19. The molecule has 0 unspecified atom stereocenters. The van der Waals surface area contributed by atoms with Crippen molar-refractivity contribution in [2.24, 2.45) is 0 Å². The molecule has 0 aliphatic heterocycles. The van der Waals surface area contributed by atoms with Crippen LogP contribution in [0.15, 0.2) is 31.8 Å². The van der Waals surface area contributed by atoms with Gasteiger partial charge in [0.2, 0.25) is 0 Å². The summed E-state index contributed by atoms with van der Waals surface area (Å²) in [6.07, 6.45) is 0. The van der Waals surface area contributed by atoms with Crippen molar-refractivity contribution in [1.82, 2.24) is 0 Å². The molecule has 0 fully saturated rings. The van der Waals surface area contributed by atoms with Gasteiger partial charge < -0.3 is 8.83 Å². The maximum atomic E-state index is 11.3. The van der Waals surface area contributed by atoms with Crippen LogP contribution in [0.25, 0.3) is 21.9 Å². The molecule has 2 aromatic heterocycles. The maximum absolute atomic E-state index is 11.3. The zero-order chi connectivity index (χ0) is 12.2. The third-order valence-corrected chi connectivity index (χ3v) is 3.13. The summed E-state index contributed by atoms with van der Waals surface area (Å²) in [5, 5.41) is 2.10. The van der Waals surface area contributed by atoms with E-state index in [-0.39, 0.29) is 0 Å². The molecule has 3 nitrogen and oxygen atoms in total. The molecule has 3 rings (SSSR count). The zero-order valence-electron chi connectivity index (χ0n) is 9.33. The van der Waals surface area contributed by atoms with Crippen LogP contribution in [0.1, 0.15) is 11.3 Å². The largest absolute Gasteiger partial charge is 0.460 e. The van der Waals surface area contributed by atoms with Crippen LogP contribution in [-0.2, 0) is 0 Å². The summed E-state index contributed by atoms with van der Waals surface area (Å²) < 4.78 is 10.6. The highest BCUT2D eigenvalue weighted by Gasteiger charge is 2.13. The molecule has 86 valence electrons. The molecule has 0 atom stereocenters. The van der Waals surface area contributed by atoms with Crippen LogP contribution >= 0.6 is 11.6 Å². The van der Waals surface area contributed by atoms with E-state index >= 15 is 0 Å². The smallest absolute Gasteiger partial charge is 0.336 e. The van der Waals surface area contributed by atoms with Gasteiger partial charge in [-0.1, -0.05) is 11.6 Å².